The zero-order valence-electron chi connectivity index (χ0n) is 11.5. The van der Waals surface area contributed by atoms with E-state index in [1.807, 2.05) is 6.92 Å². The van der Waals surface area contributed by atoms with Gasteiger partial charge in [0.15, 0.2) is 0 Å². The zero-order chi connectivity index (χ0) is 15.1. The van der Waals surface area contributed by atoms with Gasteiger partial charge in [-0.15, -0.1) is 0 Å². The Morgan fingerprint density at radius 3 is 2.62 bits per heavy atom. The van der Waals surface area contributed by atoms with Crippen molar-refractivity contribution in [2.24, 2.45) is 0 Å². The van der Waals surface area contributed by atoms with Crippen molar-refractivity contribution in [1.29, 1.82) is 0 Å². The second-order valence-electron chi connectivity index (χ2n) is 5.30. The van der Waals surface area contributed by atoms with Gasteiger partial charge in [0.05, 0.1) is 10.2 Å². The number of carboxylic acids is 1. The fourth-order valence-corrected chi connectivity index (χ4v) is 3.65. The molecule has 21 heavy (non-hydrogen) atoms. The smallest absolute Gasteiger partial charge is 0.353 e. The van der Waals surface area contributed by atoms with Crippen molar-refractivity contribution in [1.82, 2.24) is 10.2 Å². The minimum atomic E-state index is -1.07. The number of phenols is 1. The Kier molecular flexibility index (Phi) is 3.49. The van der Waals surface area contributed by atoms with Gasteiger partial charge in [-0.25, -0.2) is 4.79 Å². The molecule has 2 aromatic rings. The minimum Gasteiger partial charge on any atom is -0.506 e. The van der Waals surface area contributed by atoms with Crippen LogP contribution in [0.5, 0.6) is 5.75 Å². The molecule has 3 N–H and O–H groups in total. The van der Waals surface area contributed by atoms with Gasteiger partial charge in [0.25, 0.3) is 0 Å². The summed E-state index contributed by atoms with van der Waals surface area (Å²) in [5.74, 6) is -0.931. The third kappa shape index (κ3) is 2.23. The number of H-pyrrole nitrogens is 1. The molecule has 1 aliphatic rings. The number of phenolic OH excluding ortho intramolecular Hbond substituents is 1. The van der Waals surface area contributed by atoms with Crippen molar-refractivity contribution in [2.45, 2.75) is 32.6 Å². The Labute approximate surface area is 130 Å². The first-order valence-electron chi connectivity index (χ1n) is 6.82. The average molecular weight is 351 g/mol. The molecule has 110 valence electrons. The molecule has 0 spiro atoms. The number of hydrogen-bond acceptors (Lipinski definition) is 3. The molecule has 0 bridgehead atoms. The molecule has 1 aromatic heterocycles. The van der Waals surface area contributed by atoms with Gasteiger partial charge in [-0.2, -0.15) is 5.10 Å². The molecule has 1 aromatic carbocycles. The summed E-state index contributed by atoms with van der Waals surface area (Å²) in [5, 5.41) is 26.0. The molecule has 0 atom stereocenters. The largest absolute Gasteiger partial charge is 0.506 e. The van der Waals surface area contributed by atoms with Gasteiger partial charge in [0.1, 0.15) is 11.4 Å². The number of hydrogen-bond donors (Lipinski definition) is 3. The van der Waals surface area contributed by atoms with E-state index < -0.39 is 5.97 Å². The Balaban J connectivity index is 2.22. The van der Waals surface area contributed by atoms with Gasteiger partial charge in [-0.1, -0.05) is 0 Å². The van der Waals surface area contributed by atoms with Crippen LogP contribution in [0.15, 0.2) is 10.5 Å². The highest BCUT2D eigenvalue weighted by Gasteiger charge is 2.24. The predicted octanol–water partition coefficient (Wildman–Crippen LogP) is 3.43. The molecule has 0 saturated carbocycles. The lowest BCUT2D eigenvalue weighted by Gasteiger charge is -2.23. The van der Waals surface area contributed by atoms with E-state index in [1.165, 1.54) is 11.6 Å². The molecule has 1 aliphatic carbocycles. The molecule has 0 radical (unpaired) electrons. The van der Waals surface area contributed by atoms with Crippen LogP contribution in [-0.2, 0) is 12.8 Å². The van der Waals surface area contributed by atoms with Crippen molar-refractivity contribution in [3.63, 3.8) is 0 Å². The second kappa shape index (κ2) is 5.18. The van der Waals surface area contributed by atoms with E-state index in [-0.39, 0.29) is 11.4 Å². The maximum Gasteiger partial charge on any atom is 0.353 e. The molecule has 0 aliphatic heterocycles. The summed E-state index contributed by atoms with van der Waals surface area (Å²) in [6.07, 6.45) is 4.18. The summed E-state index contributed by atoms with van der Waals surface area (Å²) in [6, 6.07) is 1.45. The number of aromatic nitrogens is 2. The second-order valence-corrected chi connectivity index (χ2v) is 6.09. The van der Waals surface area contributed by atoms with Gasteiger partial charge >= 0.3 is 5.97 Å². The fourth-order valence-electron chi connectivity index (χ4n) is 3.02. The number of nitrogens with one attached hydrogen (secondary N) is 1. The number of nitrogens with zero attached hydrogens (tertiary/aromatic N) is 1. The van der Waals surface area contributed by atoms with E-state index in [4.69, 9.17) is 5.11 Å². The third-order valence-corrected chi connectivity index (χ3v) is 4.92. The van der Waals surface area contributed by atoms with E-state index in [0.717, 1.165) is 36.8 Å². The molecule has 6 heteroatoms. The van der Waals surface area contributed by atoms with Crippen LogP contribution >= 0.6 is 15.9 Å². The number of halogens is 1. The van der Waals surface area contributed by atoms with Gasteiger partial charge < -0.3 is 10.2 Å². The van der Waals surface area contributed by atoms with E-state index in [9.17, 15) is 9.90 Å². The third-order valence-electron chi connectivity index (χ3n) is 4.07. The Morgan fingerprint density at radius 1 is 1.33 bits per heavy atom. The highest BCUT2D eigenvalue weighted by atomic mass is 79.9. The normalized spacial score (nSPS) is 14.0. The quantitative estimate of drug-likeness (QED) is 0.774. The first-order valence-corrected chi connectivity index (χ1v) is 7.61. The molecule has 1 heterocycles. The van der Waals surface area contributed by atoms with Crippen molar-refractivity contribution >= 4 is 21.9 Å². The number of fused-ring (bicyclic) bond motifs is 1. The summed E-state index contributed by atoms with van der Waals surface area (Å²) < 4.78 is 0.706. The van der Waals surface area contributed by atoms with Crippen LogP contribution in [-0.4, -0.2) is 26.4 Å². The maximum atomic E-state index is 11.0. The summed E-state index contributed by atoms with van der Waals surface area (Å²) in [7, 11) is 0. The van der Waals surface area contributed by atoms with Crippen molar-refractivity contribution < 1.29 is 15.0 Å². The molecular formula is C15H15BrN2O3. The number of aromatic amines is 1. The molecule has 0 unspecified atom stereocenters. The van der Waals surface area contributed by atoms with Crippen LogP contribution in [0.4, 0.5) is 0 Å². The van der Waals surface area contributed by atoms with Gasteiger partial charge in [-0.05, 0) is 71.3 Å². The monoisotopic (exact) mass is 350 g/mol. The lowest BCUT2D eigenvalue weighted by Crippen LogP contribution is -2.07. The van der Waals surface area contributed by atoms with Gasteiger partial charge in [-0.3, -0.25) is 5.10 Å². The summed E-state index contributed by atoms with van der Waals surface area (Å²) in [4.78, 5) is 11.0. The van der Waals surface area contributed by atoms with Crippen LogP contribution in [0.3, 0.4) is 0 Å². The van der Waals surface area contributed by atoms with Crippen molar-refractivity contribution in [3.8, 4) is 17.0 Å². The Hall–Kier alpha value is -1.82. The molecular weight excluding hydrogens is 336 g/mol. The SMILES string of the molecule is Cc1c2c(c(Br)c(O)c1-c1cc(C(=O)O)[nH]n1)CCCC2. The molecule has 0 fully saturated rings. The number of carbonyl (C=O) groups is 1. The van der Waals surface area contributed by atoms with Crippen LogP contribution in [0, 0.1) is 6.92 Å². The lowest BCUT2D eigenvalue weighted by atomic mass is 9.85. The van der Waals surface area contributed by atoms with Crippen LogP contribution in [0.1, 0.15) is 40.0 Å². The molecule has 3 rings (SSSR count). The number of rotatable bonds is 2. The number of aromatic hydroxyl groups is 1. The topological polar surface area (TPSA) is 86.2 Å². The highest BCUT2D eigenvalue weighted by molar-refractivity contribution is 9.10. The first-order chi connectivity index (χ1) is 10.0. The Bertz CT molecular complexity index is 737. The predicted molar refractivity (Wildman–Crippen MR) is 81.7 cm³/mol. The molecule has 0 amide bonds. The lowest BCUT2D eigenvalue weighted by molar-refractivity contribution is 0.0690. The van der Waals surface area contributed by atoms with E-state index in [0.29, 0.717) is 15.7 Å². The number of aromatic carboxylic acids is 1. The summed E-state index contributed by atoms with van der Waals surface area (Å²) >= 11 is 3.48. The van der Waals surface area contributed by atoms with E-state index in [1.54, 1.807) is 0 Å². The molecule has 0 saturated heterocycles. The number of carboxylic acid groups (broad SMARTS) is 1. The van der Waals surface area contributed by atoms with Gasteiger partial charge in [0, 0.05) is 5.56 Å². The van der Waals surface area contributed by atoms with E-state index in [2.05, 4.69) is 26.1 Å². The van der Waals surface area contributed by atoms with Crippen molar-refractivity contribution in [3.05, 3.63) is 32.9 Å². The summed E-state index contributed by atoms with van der Waals surface area (Å²) in [5.41, 5.74) is 4.45. The van der Waals surface area contributed by atoms with Crippen LogP contribution < -0.4 is 0 Å². The average Bonchev–Trinajstić information content (AvgIpc) is 2.95. The Morgan fingerprint density at radius 2 is 2.00 bits per heavy atom. The molecule has 5 nitrogen and oxygen atoms in total. The van der Waals surface area contributed by atoms with E-state index >= 15 is 0 Å². The van der Waals surface area contributed by atoms with Crippen LogP contribution in [0.2, 0.25) is 0 Å². The maximum absolute atomic E-state index is 11.0. The summed E-state index contributed by atoms with van der Waals surface area (Å²) in [6.45, 7) is 1.96. The van der Waals surface area contributed by atoms with Crippen molar-refractivity contribution in [2.75, 3.05) is 0 Å². The first kappa shape index (κ1) is 14.1. The van der Waals surface area contributed by atoms with Crippen LogP contribution in [0.25, 0.3) is 11.3 Å². The zero-order valence-corrected chi connectivity index (χ0v) is 13.1. The number of benzene rings is 1. The highest BCUT2D eigenvalue weighted by Crippen LogP contribution is 2.44. The van der Waals surface area contributed by atoms with Gasteiger partial charge in [0.2, 0.25) is 0 Å². The fraction of sp³-hybridized carbons (Fsp3) is 0.333. The standard InChI is InChI=1S/C15H15BrN2O3/c1-7-8-4-2-3-5-9(8)13(16)14(19)12(7)10-6-11(15(20)21)18-17-10/h6,19H,2-5H2,1H3,(H,17,18)(H,20,21). The minimum absolute atomic E-state index is 0.0117.